The molecule has 2 atom stereocenters. The predicted molar refractivity (Wildman–Crippen MR) is 112 cm³/mol. The van der Waals surface area contributed by atoms with Crippen LogP contribution in [0.3, 0.4) is 0 Å². The smallest absolute Gasteiger partial charge is 0.266 e. The van der Waals surface area contributed by atoms with E-state index in [2.05, 4.69) is 10.1 Å². The standard InChI is InChI=1S/C23H27N3O4/c1-29-19-7-5-16(6-8-19)14-18-15-21(30-25-18)23(28)26-12-9-17(10-13-26)22(27)20-4-2-3-11-24-20/h2-8,11,17,21-22,27H,9-10,12-15H2,1H3/t21-,22-/m1/s1. The average molecular weight is 409 g/mol. The summed E-state index contributed by atoms with van der Waals surface area (Å²) in [5.41, 5.74) is 2.67. The molecule has 1 aromatic carbocycles. The summed E-state index contributed by atoms with van der Waals surface area (Å²) in [5, 5.41) is 14.7. The molecule has 30 heavy (non-hydrogen) atoms. The molecule has 4 rings (SSSR count). The van der Waals surface area contributed by atoms with Crippen molar-refractivity contribution in [2.75, 3.05) is 20.2 Å². The van der Waals surface area contributed by atoms with Gasteiger partial charge in [0, 0.05) is 32.1 Å². The molecule has 1 amide bonds. The van der Waals surface area contributed by atoms with Gasteiger partial charge in [-0.05, 0) is 48.6 Å². The number of oxime groups is 1. The number of amides is 1. The topological polar surface area (TPSA) is 84.2 Å². The van der Waals surface area contributed by atoms with E-state index in [1.807, 2.05) is 47.4 Å². The number of aliphatic hydroxyl groups excluding tert-OH is 1. The molecule has 158 valence electrons. The molecule has 7 nitrogen and oxygen atoms in total. The van der Waals surface area contributed by atoms with Gasteiger partial charge in [0.1, 0.15) is 5.75 Å². The molecule has 0 bridgehead atoms. The van der Waals surface area contributed by atoms with Crippen molar-refractivity contribution in [2.24, 2.45) is 11.1 Å². The Bertz CT molecular complexity index is 877. The Hall–Kier alpha value is -2.93. The van der Waals surface area contributed by atoms with E-state index in [1.54, 1.807) is 13.3 Å². The first-order chi connectivity index (χ1) is 14.6. The Morgan fingerprint density at radius 1 is 1.23 bits per heavy atom. The van der Waals surface area contributed by atoms with Crippen LogP contribution in [0.1, 0.15) is 36.6 Å². The van der Waals surface area contributed by atoms with Crippen LogP contribution in [0.25, 0.3) is 0 Å². The highest BCUT2D eigenvalue weighted by atomic mass is 16.6. The van der Waals surface area contributed by atoms with Crippen LogP contribution >= 0.6 is 0 Å². The number of benzene rings is 1. The molecule has 2 aliphatic rings. The van der Waals surface area contributed by atoms with Crippen molar-refractivity contribution in [1.29, 1.82) is 0 Å². The highest BCUT2D eigenvalue weighted by molar-refractivity contribution is 5.94. The minimum absolute atomic E-state index is 0.0192. The summed E-state index contributed by atoms with van der Waals surface area (Å²) >= 11 is 0. The number of methoxy groups -OCH3 is 1. The van der Waals surface area contributed by atoms with Crippen molar-refractivity contribution >= 4 is 11.6 Å². The van der Waals surface area contributed by atoms with E-state index in [1.165, 1.54) is 0 Å². The van der Waals surface area contributed by atoms with Crippen LogP contribution in [-0.4, -0.2) is 52.9 Å². The van der Waals surface area contributed by atoms with Gasteiger partial charge in [-0.3, -0.25) is 9.78 Å². The average Bonchev–Trinajstić information content (AvgIpc) is 3.28. The zero-order valence-corrected chi connectivity index (χ0v) is 17.1. The van der Waals surface area contributed by atoms with E-state index in [0.29, 0.717) is 31.6 Å². The zero-order chi connectivity index (χ0) is 20.9. The number of aliphatic hydroxyl groups is 1. The Balaban J connectivity index is 1.26. The lowest BCUT2D eigenvalue weighted by Crippen LogP contribution is -2.44. The highest BCUT2D eigenvalue weighted by Crippen LogP contribution is 2.30. The normalized spacial score (nSPS) is 20.4. The van der Waals surface area contributed by atoms with Gasteiger partial charge >= 0.3 is 0 Å². The molecule has 2 aromatic rings. The molecule has 1 saturated heterocycles. The van der Waals surface area contributed by atoms with Crippen molar-refractivity contribution < 1.29 is 19.5 Å². The summed E-state index contributed by atoms with van der Waals surface area (Å²) < 4.78 is 5.18. The van der Waals surface area contributed by atoms with Crippen LogP contribution < -0.4 is 4.74 Å². The van der Waals surface area contributed by atoms with Gasteiger partial charge in [0.25, 0.3) is 5.91 Å². The monoisotopic (exact) mass is 409 g/mol. The SMILES string of the molecule is COc1ccc(CC2=NO[C@@H](C(=O)N3CCC([C@@H](O)c4ccccn4)CC3)C2)cc1. The van der Waals surface area contributed by atoms with Gasteiger partial charge < -0.3 is 19.6 Å². The van der Waals surface area contributed by atoms with Gasteiger partial charge in [-0.25, -0.2) is 0 Å². The minimum atomic E-state index is -0.592. The highest BCUT2D eigenvalue weighted by Gasteiger charge is 2.35. The van der Waals surface area contributed by atoms with Gasteiger partial charge in [0.15, 0.2) is 0 Å². The van der Waals surface area contributed by atoms with Crippen molar-refractivity contribution in [3.05, 3.63) is 59.9 Å². The summed E-state index contributed by atoms with van der Waals surface area (Å²) in [6.07, 6.45) is 3.22. The molecule has 1 aromatic heterocycles. The molecule has 0 aliphatic carbocycles. The summed E-state index contributed by atoms with van der Waals surface area (Å²) in [7, 11) is 1.64. The zero-order valence-electron chi connectivity index (χ0n) is 17.1. The maximum Gasteiger partial charge on any atom is 0.266 e. The number of aromatic nitrogens is 1. The van der Waals surface area contributed by atoms with Crippen LogP contribution in [0.5, 0.6) is 5.75 Å². The van der Waals surface area contributed by atoms with Crippen molar-refractivity contribution in [3.8, 4) is 5.75 Å². The first-order valence-electron chi connectivity index (χ1n) is 10.4. The second kappa shape index (κ2) is 9.26. The molecule has 0 unspecified atom stereocenters. The second-order valence-corrected chi connectivity index (χ2v) is 7.84. The maximum atomic E-state index is 12.9. The summed E-state index contributed by atoms with van der Waals surface area (Å²) in [5.74, 6) is 0.901. The molecule has 2 aliphatic heterocycles. The van der Waals surface area contributed by atoms with Gasteiger partial charge in [-0.1, -0.05) is 23.4 Å². The molecule has 3 heterocycles. The van der Waals surface area contributed by atoms with Crippen molar-refractivity contribution in [1.82, 2.24) is 9.88 Å². The van der Waals surface area contributed by atoms with Crippen molar-refractivity contribution in [3.63, 3.8) is 0 Å². The molecular weight excluding hydrogens is 382 g/mol. The fourth-order valence-electron chi connectivity index (χ4n) is 4.07. The Labute approximate surface area is 176 Å². The van der Waals surface area contributed by atoms with Crippen LogP contribution in [-0.2, 0) is 16.1 Å². The number of nitrogens with zero attached hydrogens (tertiary/aromatic N) is 3. The van der Waals surface area contributed by atoms with Gasteiger partial charge in [0.05, 0.1) is 24.6 Å². The fraction of sp³-hybridized carbons (Fsp3) is 0.435. The van der Waals surface area contributed by atoms with Crippen LogP contribution in [0.4, 0.5) is 0 Å². The van der Waals surface area contributed by atoms with Gasteiger partial charge in [-0.2, -0.15) is 0 Å². The van der Waals surface area contributed by atoms with Crippen LogP contribution in [0.15, 0.2) is 53.8 Å². The number of pyridine rings is 1. The third-order valence-electron chi connectivity index (χ3n) is 5.86. The second-order valence-electron chi connectivity index (χ2n) is 7.84. The minimum Gasteiger partial charge on any atom is -0.497 e. The summed E-state index contributed by atoms with van der Waals surface area (Å²) in [4.78, 5) is 24.4. The van der Waals surface area contributed by atoms with E-state index >= 15 is 0 Å². The van der Waals surface area contributed by atoms with E-state index in [-0.39, 0.29) is 11.8 Å². The van der Waals surface area contributed by atoms with Crippen molar-refractivity contribution in [2.45, 2.75) is 37.9 Å². The van der Waals surface area contributed by atoms with E-state index in [4.69, 9.17) is 9.57 Å². The van der Waals surface area contributed by atoms with E-state index in [0.717, 1.165) is 29.9 Å². The van der Waals surface area contributed by atoms with E-state index in [9.17, 15) is 9.90 Å². The fourth-order valence-corrected chi connectivity index (χ4v) is 4.07. The number of rotatable bonds is 6. The molecule has 1 fully saturated rings. The number of piperidine rings is 1. The van der Waals surface area contributed by atoms with Gasteiger partial charge in [-0.15, -0.1) is 0 Å². The van der Waals surface area contributed by atoms with E-state index < -0.39 is 12.2 Å². The molecule has 0 saturated carbocycles. The number of likely N-dealkylation sites (tertiary alicyclic amines) is 1. The number of ether oxygens (including phenoxy) is 1. The predicted octanol–water partition coefficient (Wildman–Crippen LogP) is 2.75. The third-order valence-corrected chi connectivity index (χ3v) is 5.86. The first-order valence-corrected chi connectivity index (χ1v) is 10.4. The maximum absolute atomic E-state index is 12.9. The number of carbonyl (C=O) groups is 1. The Morgan fingerprint density at radius 2 is 2.00 bits per heavy atom. The third kappa shape index (κ3) is 4.62. The number of carbonyl (C=O) groups excluding carboxylic acids is 1. The van der Waals surface area contributed by atoms with Crippen LogP contribution in [0, 0.1) is 5.92 Å². The summed E-state index contributed by atoms with van der Waals surface area (Å²) in [6, 6.07) is 13.4. The number of hydrogen-bond acceptors (Lipinski definition) is 6. The Morgan fingerprint density at radius 3 is 2.67 bits per heavy atom. The molecule has 1 N–H and O–H groups in total. The first kappa shape index (κ1) is 20.3. The number of hydrogen-bond donors (Lipinski definition) is 1. The molecule has 0 radical (unpaired) electrons. The lowest BCUT2D eigenvalue weighted by molar-refractivity contribution is -0.144. The molecule has 0 spiro atoms. The quantitative estimate of drug-likeness (QED) is 0.793. The lowest BCUT2D eigenvalue weighted by atomic mass is 9.89. The van der Waals surface area contributed by atoms with Crippen LogP contribution in [0.2, 0.25) is 0 Å². The Kier molecular flexibility index (Phi) is 6.28. The van der Waals surface area contributed by atoms with Gasteiger partial charge in [0.2, 0.25) is 6.10 Å². The molecular formula is C23H27N3O4. The molecule has 7 heteroatoms. The summed E-state index contributed by atoms with van der Waals surface area (Å²) in [6.45, 7) is 1.22. The largest absolute Gasteiger partial charge is 0.497 e. The lowest BCUT2D eigenvalue weighted by Gasteiger charge is -2.34.